The Morgan fingerprint density at radius 2 is 1.44 bits per heavy atom. The van der Waals surface area contributed by atoms with Crippen LogP contribution in [0.3, 0.4) is 0 Å². The van der Waals surface area contributed by atoms with E-state index in [4.69, 9.17) is 11.6 Å². The fourth-order valence-corrected chi connectivity index (χ4v) is 4.00. The topological polar surface area (TPSA) is 55.1 Å². The molecule has 0 aliphatic heterocycles. The van der Waals surface area contributed by atoms with Crippen LogP contribution in [0.5, 0.6) is 0 Å². The predicted octanol–water partition coefficient (Wildman–Crippen LogP) is 6.08. The van der Waals surface area contributed by atoms with Gasteiger partial charge in [0.1, 0.15) is 11.6 Å². The third kappa shape index (κ3) is 4.33. The van der Waals surface area contributed by atoms with Gasteiger partial charge in [0.15, 0.2) is 0 Å². The average molecular weight is 531 g/mol. The Hall–Kier alpha value is -3.44. The SMILES string of the molecule is O=c1c2c(Cl)cccc2nc(Cc2ccc(F)cc2)n1-c1ccc(C(O)(C(F)(F)F)C(F)(F)F)cc1. The molecule has 0 amide bonds. The zero-order valence-corrected chi connectivity index (χ0v) is 18.6. The van der Waals surface area contributed by atoms with Gasteiger partial charge >= 0.3 is 12.4 Å². The van der Waals surface area contributed by atoms with Crippen molar-refractivity contribution in [3.05, 3.63) is 105 Å². The normalized spacial score (nSPS) is 12.8. The Balaban J connectivity index is 1.92. The second-order valence-corrected chi connectivity index (χ2v) is 8.27. The number of fused-ring (bicyclic) bond motifs is 1. The van der Waals surface area contributed by atoms with Crippen molar-refractivity contribution in [3.8, 4) is 5.69 Å². The van der Waals surface area contributed by atoms with Crippen LogP contribution in [-0.2, 0) is 12.0 Å². The molecule has 1 N–H and O–H groups in total. The van der Waals surface area contributed by atoms with E-state index in [0.717, 1.165) is 16.7 Å². The molecule has 188 valence electrons. The molecule has 0 saturated heterocycles. The molecular formula is C24H14ClF7N2O2. The lowest BCUT2D eigenvalue weighted by molar-refractivity contribution is -0.376. The van der Waals surface area contributed by atoms with Gasteiger partial charge < -0.3 is 5.11 Å². The van der Waals surface area contributed by atoms with Gasteiger partial charge in [0.05, 0.1) is 21.6 Å². The van der Waals surface area contributed by atoms with Crippen LogP contribution in [0.25, 0.3) is 16.6 Å². The summed E-state index contributed by atoms with van der Waals surface area (Å²) in [6, 6.07) is 12.2. The summed E-state index contributed by atoms with van der Waals surface area (Å²) in [6.07, 6.45) is -12.2. The summed E-state index contributed by atoms with van der Waals surface area (Å²) in [4.78, 5) is 17.8. The monoisotopic (exact) mass is 530 g/mol. The van der Waals surface area contributed by atoms with Gasteiger partial charge in [0.2, 0.25) is 0 Å². The standard InChI is InChI=1S/C24H14ClF7N2O2/c25-17-2-1-3-18-20(17)21(35)34(19(33-18)12-13-4-8-15(26)9-5-13)16-10-6-14(7-11-16)22(36,23(27,28)29)24(30,31)32/h1-11,36H,12H2. The smallest absolute Gasteiger partial charge is 0.369 e. The highest BCUT2D eigenvalue weighted by Crippen LogP contribution is 2.50. The minimum Gasteiger partial charge on any atom is -0.369 e. The Bertz CT molecular complexity index is 1460. The highest BCUT2D eigenvalue weighted by Gasteiger charge is 2.71. The molecule has 0 fully saturated rings. The zero-order valence-electron chi connectivity index (χ0n) is 17.8. The number of alkyl halides is 6. The van der Waals surface area contributed by atoms with Crippen molar-refractivity contribution in [1.82, 2.24) is 9.55 Å². The molecule has 0 atom stereocenters. The molecule has 1 aromatic heterocycles. The van der Waals surface area contributed by atoms with Gasteiger partial charge in [-0.05, 0) is 42.0 Å². The second-order valence-electron chi connectivity index (χ2n) is 7.86. The summed E-state index contributed by atoms with van der Waals surface area (Å²) in [5.74, 6) is -0.442. The maximum Gasteiger partial charge on any atom is 0.430 e. The molecular weight excluding hydrogens is 517 g/mol. The van der Waals surface area contributed by atoms with Crippen LogP contribution in [-0.4, -0.2) is 27.0 Å². The van der Waals surface area contributed by atoms with Crippen LogP contribution >= 0.6 is 11.6 Å². The van der Waals surface area contributed by atoms with Crippen LogP contribution in [0.1, 0.15) is 17.0 Å². The molecule has 4 rings (SSSR count). The lowest BCUT2D eigenvalue weighted by Crippen LogP contribution is -2.53. The van der Waals surface area contributed by atoms with Crippen molar-refractivity contribution >= 4 is 22.5 Å². The number of benzene rings is 3. The van der Waals surface area contributed by atoms with Crippen molar-refractivity contribution in [2.75, 3.05) is 0 Å². The highest BCUT2D eigenvalue weighted by atomic mass is 35.5. The molecule has 3 aromatic carbocycles. The number of aliphatic hydroxyl groups is 1. The number of hydrogen-bond acceptors (Lipinski definition) is 3. The quantitative estimate of drug-likeness (QED) is 0.325. The Morgan fingerprint density at radius 3 is 2.00 bits per heavy atom. The van der Waals surface area contributed by atoms with E-state index in [1.54, 1.807) is 6.07 Å². The number of nitrogens with zero attached hydrogens (tertiary/aromatic N) is 2. The van der Waals surface area contributed by atoms with E-state index in [1.807, 2.05) is 0 Å². The largest absolute Gasteiger partial charge is 0.430 e. The summed E-state index contributed by atoms with van der Waals surface area (Å²) in [5.41, 5.74) is -6.71. The van der Waals surface area contributed by atoms with E-state index < -0.39 is 34.9 Å². The van der Waals surface area contributed by atoms with Gasteiger partial charge in [-0.2, -0.15) is 26.3 Å². The molecule has 0 aliphatic carbocycles. The molecule has 0 bridgehead atoms. The summed E-state index contributed by atoms with van der Waals surface area (Å²) < 4.78 is 93.8. The minimum absolute atomic E-state index is 0.0202. The number of halogens is 8. The summed E-state index contributed by atoms with van der Waals surface area (Å²) in [7, 11) is 0. The predicted molar refractivity (Wildman–Crippen MR) is 118 cm³/mol. The Kier molecular flexibility index (Phi) is 6.34. The molecule has 12 heteroatoms. The fourth-order valence-electron chi connectivity index (χ4n) is 3.75. The van der Waals surface area contributed by atoms with E-state index in [2.05, 4.69) is 4.98 Å². The van der Waals surface area contributed by atoms with Gasteiger partial charge in [-0.25, -0.2) is 9.37 Å². The van der Waals surface area contributed by atoms with Gasteiger partial charge in [-0.1, -0.05) is 41.9 Å². The molecule has 4 aromatic rings. The third-order valence-corrected chi connectivity index (χ3v) is 5.87. The maximum absolute atomic E-state index is 13.4. The van der Waals surface area contributed by atoms with Gasteiger partial charge in [0.25, 0.3) is 11.2 Å². The molecule has 0 unspecified atom stereocenters. The number of hydrogen-bond donors (Lipinski definition) is 1. The Labute approximate surface area is 203 Å². The third-order valence-electron chi connectivity index (χ3n) is 5.56. The van der Waals surface area contributed by atoms with Crippen molar-refractivity contribution in [1.29, 1.82) is 0 Å². The van der Waals surface area contributed by atoms with Gasteiger partial charge in [0, 0.05) is 12.0 Å². The van der Waals surface area contributed by atoms with Crippen molar-refractivity contribution in [2.24, 2.45) is 0 Å². The molecule has 0 aliphatic rings. The molecule has 1 heterocycles. The first-order chi connectivity index (χ1) is 16.7. The minimum atomic E-state index is -6.06. The summed E-state index contributed by atoms with van der Waals surface area (Å²) >= 11 is 6.16. The molecule has 36 heavy (non-hydrogen) atoms. The average Bonchev–Trinajstić information content (AvgIpc) is 2.79. The molecule has 0 radical (unpaired) electrons. The molecule has 0 spiro atoms. The molecule has 0 saturated carbocycles. The van der Waals surface area contributed by atoms with Crippen LogP contribution in [0, 0.1) is 5.82 Å². The van der Waals surface area contributed by atoms with Gasteiger partial charge in [-0.3, -0.25) is 9.36 Å². The van der Waals surface area contributed by atoms with E-state index in [1.165, 1.54) is 36.4 Å². The zero-order chi connectivity index (χ0) is 26.5. The van der Waals surface area contributed by atoms with Crippen molar-refractivity contribution in [2.45, 2.75) is 24.4 Å². The number of aromatic nitrogens is 2. The second kappa shape index (κ2) is 8.90. The fraction of sp³-hybridized carbons (Fsp3) is 0.167. The van der Waals surface area contributed by atoms with E-state index >= 15 is 0 Å². The first kappa shape index (κ1) is 25.6. The lowest BCUT2D eigenvalue weighted by atomic mass is 9.92. The first-order valence-electron chi connectivity index (χ1n) is 10.2. The van der Waals surface area contributed by atoms with E-state index in [-0.39, 0.29) is 33.9 Å². The lowest BCUT2D eigenvalue weighted by Gasteiger charge is -2.32. The van der Waals surface area contributed by atoms with Crippen LogP contribution in [0.4, 0.5) is 30.7 Å². The Morgan fingerprint density at radius 1 is 0.861 bits per heavy atom. The van der Waals surface area contributed by atoms with Crippen molar-refractivity contribution < 1.29 is 35.8 Å². The van der Waals surface area contributed by atoms with Crippen molar-refractivity contribution in [3.63, 3.8) is 0 Å². The van der Waals surface area contributed by atoms with Crippen LogP contribution in [0.15, 0.2) is 71.5 Å². The maximum atomic E-state index is 13.4. The van der Waals surface area contributed by atoms with E-state index in [9.17, 15) is 40.6 Å². The summed E-state index contributed by atoms with van der Waals surface area (Å²) in [5, 5.41) is 9.66. The molecule has 4 nitrogen and oxygen atoms in total. The highest BCUT2D eigenvalue weighted by molar-refractivity contribution is 6.35. The number of rotatable bonds is 4. The van der Waals surface area contributed by atoms with Crippen LogP contribution in [0.2, 0.25) is 5.02 Å². The summed E-state index contributed by atoms with van der Waals surface area (Å²) in [6.45, 7) is 0. The van der Waals surface area contributed by atoms with E-state index in [0.29, 0.717) is 17.7 Å². The van der Waals surface area contributed by atoms with Crippen LogP contribution < -0.4 is 5.56 Å². The van der Waals surface area contributed by atoms with Gasteiger partial charge in [-0.15, -0.1) is 0 Å². The first-order valence-corrected chi connectivity index (χ1v) is 10.5.